The topological polar surface area (TPSA) is 70.2 Å². The average molecular weight is 506 g/mol. The van der Waals surface area contributed by atoms with E-state index in [4.69, 9.17) is 4.74 Å². The quantitative estimate of drug-likeness (QED) is 0.149. The van der Waals surface area contributed by atoms with Gasteiger partial charge in [-0.2, -0.15) is 0 Å². The molecule has 0 aromatic heterocycles. The van der Waals surface area contributed by atoms with Gasteiger partial charge in [-0.15, -0.1) is 0 Å². The van der Waals surface area contributed by atoms with E-state index in [9.17, 15) is 4.79 Å². The molecule has 2 atom stereocenters. The third-order valence-electron chi connectivity index (χ3n) is 5.19. The molecule has 0 spiro atoms. The van der Waals surface area contributed by atoms with Crippen molar-refractivity contribution >= 4 is 48.9 Å². The number of hydrogen-bond donors (Lipinski definition) is 2. The molecule has 2 unspecified atom stereocenters. The zero-order chi connectivity index (χ0) is 14.6. The van der Waals surface area contributed by atoms with Crippen LogP contribution in [0.4, 0.5) is 0 Å². The van der Waals surface area contributed by atoms with Crippen LogP contribution in [0.3, 0.4) is 0 Å². The Kier molecular flexibility index (Phi) is 4.09. The molecular weight excluding hydrogens is 482 g/mol. The summed E-state index contributed by atoms with van der Waals surface area (Å²) in [6, 6.07) is 0. The van der Waals surface area contributed by atoms with Gasteiger partial charge in [0.1, 0.15) is 0 Å². The molecule has 2 saturated heterocycles. The van der Waals surface area contributed by atoms with Crippen LogP contribution >= 0.6 is 43.0 Å². The third kappa shape index (κ3) is 2.42. The first-order valence-corrected chi connectivity index (χ1v) is 11.8. The summed E-state index contributed by atoms with van der Waals surface area (Å²) in [6.45, 7) is 6.30. The van der Waals surface area contributed by atoms with E-state index in [0.717, 1.165) is 6.42 Å². The molecular formula is C14H24I2N2O2. The van der Waals surface area contributed by atoms with E-state index in [0.29, 0.717) is 5.92 Å². The molecule has 2 aliphatic heterocycles. The first-order valence-electron chi connectivity index (χ1n) is 7.53. The Labute approximate surface area is 142 Å². The number of esters is 1. The van der Waals surface area contributed by atoms with Crippen molar-refractivity contribution in [2.45, 2.75) is 72.0 Å². The molecule has 116 valence electrons. The normalized spacial score (nSPS) is 31.7. The van der Waals surface area contributed by atoms with Gasteiger partial charge in [-0.3, -0.25) is 0 Å². The number of carbonyl (C=O) groups excluding carboxylic acids is 1. The van der Waals surface area contributed by atoms with Crippen LogP contribution < -0.4 is 7.06 Å². The van der Waals surface area contributed by atoms with E-state index in [1.54, 1.807) is 0 Å². The first-order chi connectivity index (χ1) is 9.36. The number of alkyl halides is 2. The minimum atomic E-state index is -1.12. The van der Waals surface area contributed by atoms with E-state index < -0.39 is 23.8 Å². The van der Waals surface area contributed by atoms with E-state index in [1.165, 1.54) is 32.1 Å². The number of fused-ring (bicyclic) bond motifs is 1. The maximum absolute atomic E-state index is 12.7. The van der Waals surface area contributed by atoms with Crippen LogP contribution in [0, 0.1) is 5.92 Å². The average Bonchev–Trinajstić information content (AvgIpc) is 3.28. The third-order valence-corrected chi connectivity index (χ3v) is 12.3. The van der Waals surface area contributed by atoms with E-state index in [1.807, 2.05) is 6.92 Å². The standard InChI is InChI=1S/C14H24I2N2O2/c1-4-12(2,10-8-6-5-7-9-10)20-11(19)13(3,15)14-16(17-14)18-14/h10,17-18H,4-9H2,1-3H3. The summed E-state index contributed by atoms with van der Waals surface area (Å²) in [6.07, 6.45) is 7.21. The molecule has 1 saturated carbocycles. The van der Waals surface area contributed by atoms with Crippen LogP contribution in [0.1, 0.15) is 59.3 Å². The molecule has 4 nitrogen and oxygen atoms in total. The van der Waals surface area contributed by atoms with Crippen LogP contribution in [0.15, 0.2) is 0 Å². The second kappa shape index (κ2) is 5.19. The molecule has 1 aliphatic carbocycles. The minimum absolute atomic E-state index is 0.0320. The van der Waals surface area contributed by atoms with Gasteiger partial charge in [-0.1, -0.05) is 0 Å². The van der Waals surface area contributed by atoms with Crippen molar-refractivity contribution in [3.8, 4) is 0 Å². The number of carbonyl (C=O) groups is 1. The van der Waals surface area contributed by atoms with Crippen LogP contribution in [0.5, 0.6) is 0 Å². The van der Waals surface area contributed by atoms with Crippen LogP contribution in [-0.2, 0) is 9.53 Å². The number of nitrogens with one attached hydrogen (secondary N) is 2. The number of ether oxygens (including phenoxy) is 1. The summed E-state index contributed by atoms with van der Waals surface area (Å²) in [5.74, 6) is 0.495. The summed E-state index contributed by atoms with van der Waals surface area (Å²) >= 11 is 1.16. The van der Waals surface area contributed by atoms with Gasteiger partial charge >= 0.3 is 143 Å². The molecule has 2 heterocycles. The van der Waals surface area contributed by atoms with Gasteiger partial charge in [-0.25, -0.2) is 0 Å². The predicted octanol–water partition coefficient (Wildman–Crippen LogP) is 3.67. The summed E-state index contributed by atoms with van der Waals surface area (Å²) in [7, 11) is 0. The van der Waals surface area contributed by atoms with Crippen molar-refractivity contribution in [2.75, 3.05) is 0 Å². The zero-order valence-corrected chi connectivity index (χ0v) is 16.7. The number of hydrogen-bond acceptors (Lipinski definition) is 4. The zero-order valence-electron chi connectivity index (χ0n) is 12.4. The van der Waals surface area contributed by atoms with Crippen LogP contribution in [0.2, 0.25) is 0 Å². The second-order valence-electron chi connectivity index (χ2n) is 6.52. The monoisotopic (exact) mass is 506 g/mol. The Balaban J connectivity index is 1.68. The Bertz CT molecular complexity index is 417. The molecule has 6 heteroatoms. The molecule has 2 N–H and O–H groups in total. The molecule has 0 amide bonds. The molecule has 3 fully saturated rings. The molecule has 3 rings (SSSR count). The molecule has 0 bridgehead atoms. The molecule has 3 aliphatic rings. The Morgan fingerprint density at radius 2 is 1.90 bits per heavy atom. The fourth-order valence-corrected chi connectivity index (χ4v) is 10.9. The van der Waals surface area contributed by atoms with Crippen molar-refractivity contribution < 1.29 is 9.53 Å². The fraction of sp³-hybridized carbons (Fsp3) is 0.929. The first kappa shape index (κ1) is 15.7. The summed E-state index contributed by atoms with van der Waals surface area (Å²) in [4.78, 5) is 12.7. The number of halogens is 2. The van der Waals surface area contributed by atoms with Crippen molar-refractivity contribution in [3.63, 3.8) is 0 Å². The maximum atomic E-state index is 12.7. The molecule has 0 aromatic carbocycles. The van der Waals surface area contributed by atoms with Crippen LogP contribution in [-0.4, -0.2) is 18.7 Å². The van der Waals surface area contributed by atoms with Gasteiger partial charge in [-0.05, 0) is 0 Å². The van der Waals surface area contributed by atoms with Gasteiger partial charge in [0.15, 0.2) is 0 Å². The summed E-state index contributed by atoms with van der Waals surface area (Å²) in [5.41, 5.74) is -0.288. The van der Waals surface area contributed by atoms with Crippen LogP contribution in [0.25, 0.3) is 0 Å². The second-order valence-corrected chi connectivity index (χ2v) is 13.0. The predicted molar refractivity (Wildman–Crippen MR) is 96.8 cm³/mol. The van der Waals surface area contributed by atoms with Gasteiger partial charge in [0.05, 0.1) is 0 Å². The number of rotatable bonds is 5. The van der Waals surface area contributed by atoms with Gasteiger partial charge in [0.25, 0.3) is 0 Å². The van der Waals surface area contributed by atoms with Crippen molar-refractivity contribution in [1.29, 1.82) is 0 Å². The van der Waals surface area contributed by atoms with E-state index in [-0.39, 0.29) is 15.2 Å². The Hall–Kier alpha value is 0.850. The van der Waals surface area contributed by atoms with Gasteiger partial charge < -0.3 is 0 Å². The summed E-state index contributed by atoms with van der Waals surface area (Å²) < 4.78 is 12.5. The molecule has 0 aromatic rings. The van der Waals surface area contributed by atoms with Gasteiger partial charge in [0, 0.05) is 0 Å². The summed E-state index contributed by atoms with van der Waals surface area (Å²) in [5, 5.41) is 0. The van der Waals surface area contributed by atoms with Crippen molar-refractivity contribution in [2.24, 2.45) is 5.92 Å². The van der Waals surface area contributed by atoms with Crippen molar-refractivity contribution in [3.05, 3.63) is 0 Å². The molecule has 20 heavy (non-hydrogen) atoms. The van der Waals surface area contributed by atoms with E-state index in [2.05, 4.69) is 43.5 Å². The Morgan fingerprint density at radius 3 is 2.35 bits per heavy atom. The SMILES string of the molecule is CCC(C)(OC(=O)C(C)(I)C12NI1N2)C1CCCCC1. The van der Waals surface area contributed by atoms with Crippen molar-refractivity contribution in [1.82, 2.24) is 7.06 Å². The molecule has 0 radical (unpaired) electrons. The van der Waals surface area contributed by atoms with Gasteiger partial charge in [0.2, 0.25) is 0 Å². The Morgan fingerprint density at radius 1 is 1.35 bits per heavy atom. The fourth-order valence-electron chi connectivity index (χ4n) is 3.19. The van der Waals surface area contributed by atoms with E-state index >= 15 is 0 Å².